The minimum Gasteiger partial charge on any atom is -0.467 e. The molecule has 13 heteroatoms. The molecule has 2 aromatic rings. The summed E-state index contributed by atoms with van der Waals surface area (Å²) in [5.41, 5.74) is 3.12. The molecule has 4 atom stereocenters. The zero-order valence-corrected chi connectivity index (χ0v) is 35.3. The van der Waals surface area contributed by atoms with Gasteiger partial charge in [0.2, 0.25) is 11.8 Å². The molecule has 1 aliphatic rings. The van der Waals surface area contributed by atoms with Gasteiger partial charge >= 0.3 is 12.1 Å². The van der Waals surface area contributed by atoms with Crippen LogP contribution in [-0.4, -0.2) is 93.2 Å². The zero-order chi connectivity index (χ0) is 42.5. The molecular formula is C45H65N3O10. The van der Waals surface area contributed by atoms with Gasteiger partial charge in [-0.25, -0.2) is 9.59 Å². The Kier molecular flexibility index (Phi) is 20.6. The van der Waals surface area contributed by atoms with Crippen molar-refractivity contribution in [3.63, 3.8) is 0 Å². The molecule has 320 valence electrons. The van der Waals surface area contributed by atoms with Gasteiger partial charge < -0.3 is 34.9 Å². The zero-order valence-electron chi connectivity index (χ0n) is 35.3. The fourth-order valence-corrected chi connectivity index (χ4v) is 6.44. The topological polar surface area (TPSA) is 175 Å². The summed E-state index contributed by atoms with van der Waals surface area (Å²) in [6, 6.07) is 13.7. The van der Waals surface area contributed by atoms with Gasteiger partial charge in [-0.1, -0.05) is 75.2 Å². The first-order valence-electron chi connectivity index (χ1n) is 20.8. The summed E-state index contributed by atoms with van der Waals surface area (Å²) in [5, 5.41) is 8.24. The number of unbranched alkanes of at least 4 members (excludes halogenated alkanes) is 2. The Balaban J connectivity index is 1.75. The number of hydrogen-bond donors (Lipinski definition) is 3. The van der Waals surface area contributed by atoms with E-state index < -0.39 is 59.2 Å². The maximum absolute atomic E-state index is 14.0. The maximum Gasteiger partial charge on any atom is 0.407 e. The van der Waals surface area contributed by atoms with Crippen molar-refractivity contribution in [3.8, 4) is 11.1 Å². The first-order chi connectivity index (χ1) is 27.7. The highest BCUT2D eigenvalue weighted by atomic mass is 16.6. The van der Waals surface area contributed by atoms with E-state index >= 15 is 0 Å². The second-order valence-electron chi connectivity index (χ2n) is 16.0. The molecule has 1 heterocycles. The number of esters is 1. The fourth-order valence-electron chi connectivity index (χ4n) is 6.44. The van der Waals surface area contributed by atoms with E-state index in [2.05, 4.69) is 47.1 Å². The van der Waals surface area contributed by atoms with Crippen molar-refractivity contribution in [3.05, 3.63) is 59.7 Å². The monoisotopic (exact) mass is 807 g/mol. The smallest absolute Gasteiger partial charge is 0.407 e. The van der Waals surface area contributed by atoms with Crippen LogP contribution < -0.4 is 16.0 Å². The third-order valence-electron chi connectivity index (χ3n) is 9.89. The molecule has 1 saturated heterocycles. The molecule has 0 aromatic heterocycles. The minimum absolute atomic E-state index is 0.105. The first-order valence-corrected chi connectivity index (χ1v) is 20.8. The van der Waals surface area contributed by atoms with Gasteiger partial charge in [-0.05, 0) is 76.0 Å². The summed E-state index contributed by atoms with van der Waals surface area (Å²) in [7, 11) is 1.24. The van der Waals surface area contributed by atoms with Gasteiger partial charge in [0.25, 0.3) is 0 Å². The maximum atomic E-state index is 14.0. The number of nitrogens with one attached hydrogen (secondary N) is 3. The Morgan fingerprint density at radius 1 is 0.897 bits per heavy atom. The van der Waals surface area contributed by atoms with Gasteiger partial charge in [0, 0.05) is 63.0 Å². The number of aryl methyl sites for hydroxylation is 1. The minimum atomic E-state index is -1.08. The van der Waals surface area contributed by atoms with E-state index in [0.717, 1.165) is 30.4 Å². The lowest BCUT2D eigenvalue weighted by molar-refractivity contribution is -0.146. The average molecular weight is 808 g/mol. The molecule has 0 spiro atoms. The summed E-state index contributed by atoms with van der Waals surface area (Å²) >= 11 is 0. The lowest BCUT2D eigenvalue weighted by atomic mass is 9.91. The van der Waals surface area contributed by atoms with Crippen LogP contribution in [0.3, 0.4) is 0 Å². The highest BCUT2D eigenvalue weighted by Crippen LogP contribution is 2.24. The van der Waals surface area contributed by atoms with E-state index in [4.69, 9.17) is 18.9 Å². The van der Waals surface area contributed by atoms with Crippen molar-refractivity contribution in [2.45, 2.75) is 123 Å². The van der Waals surface area contributed by atoms with Crippen LogP contribution in [-0.2, 0) is 44.5 Å². The van der Waals surface area contributed by atoms with Crippen LogP contribution in [0, 0.1) is 11.8 Å². The molecule has 0 aliphatic carbocycles. The second-order valence-corrected chi connectivity index (χ2v) is 16.0. The fraction of sp³-hybridized carbons (Fsp3) is 0.600. The molecule has 3 N–H and O–H groups in total. The second kappa shape index (κ2) is 25.0. The van der Waals surface area contributed by atoms with Gasteiger partial charge in [-0.2, -0.15) is 0 Å². The molecule has 0 unspecified atom stereocenters. The molecule has 3 rings (SSSR count). The summed E-state index contributed by atoms with van der Waals surface area (Å²) in [6.45, 7) is 10.2. The quantitative estimate of drug-likeness (QED) is 0.102. The van der Waals surface area contributed by atoms with Gasteiger partial charge in [0.05, 0.1) is 13.7 Å². The predicted octanol–water partition coefficient (Wildman–Crippen LogP) is 6.54. The normalized spacial score (nSPS) is 19.3. The van der Waals surface area contributed by atoms with E-state index in [1.54, 1.807) is 39.8 Å². The number of ether oxygens (including phenoxy) is 4. The largest absolute Gasteiger partial charge is 0.467 e. The molecule has 13 nitrogen and oxygen atoms in total. The molecule has 0 radical (unpaired) electrons. The van der Waals surface area contributed by atoms with Crippen molar-refractivity contribution >= 4 is 35.4 Å². The molecule has 2 aromatic carbocycles. The van der Waals surface area contributed by atoms with Crippen LogP contribution in [0.5, 0.6) is 0 Å². The molecular weight excluding hydrogens is 743 g/mol. The standard InChI is InChI=1S/C45H65N3O10/c1-7-8-13-32-15-17-33(18-16-32)34-19-21-35(22-20-34)39(49)29-36(14-9-10-24-46-44(54)58-45(3,4)5)42(52)48-38-30-57-26-12-11-25-56-27-23-37(43(53)55-6)47-41(51)31(2)28-40(38)50/h15-22,31,36-38H,7-14,23-30H2,1-6H3,(H,46,54)(H,47,51)(H,48,52)/t31-,36-,37+,38+/m1/s1. The number of benzene rings is 2. The molecule has 0 saturated carbocycles. The van der Waals surface area contributed by atoms with Crippen molar-refractivity contribution in [2.75, 3.05) is 40.1 Å². The first kappa shape index (κ1) is 47.8. The van der Waals surface area contributed by atoms with Gasteiger partial charge in [0.1, 0.15) is 17.7 Å². The summed E-state index contributed by atoms with van der Waals surface area (Å²) in [6.07, 6.45) is 5.29. The van der Waals surface area contributed by atoms with Crippen LogP contribution in [0.1, 0.15) is 115 Å². The number of carbonyl (C=O) groups excluding carboxylic acids is 6. The van der Waals surface area contributed by atoms with Crippen molar-refractivity contribution < 1.29 is 47.7 Å². The summed E-state index contributed by atoms with van der Waals surface area (Å²) in [5.74, 6) is -3.87. The lowest BCUT2D eigenvalue weighted by Gasteiger charge is -2.24. The third kappa shape index (κ3) is 17.5. The Bertz CT molecular complexity index is 1620. The van der Waals surface area contributed by atoms with Crippen LogP contribution in [0.25, 0.3) is 11.1 Å². The number of alkyl carbamates (subject to hydrolysis) is 1. The highest BCUT2D eigenvalue weighted by molar-refractivity contribution is 6.00. The van der Waals surface area contributed by atoms with Crippen LogP contribution in [0.15, 0.2) is 48.5 Å². The molecule has 58 heavy (non-hydrogen) atoms. The van der Waals surface area contributed by atoms with E-state index in [1.165, 1.54) is 12.7 Å². The van der Waals surface area contributed by atoms with Crippen molar-refractivity contribution in [1.29, 1.82) is 0 Å². The number of Topliss-reactive ketones (excluding diaryl/α,β-unsaturated/α-hetero) is 2. The van der Waals surface area contributed by atoms with Crippen molar-refractivity contribution in [1.82, 2.24) is 16.0 Å². The number of methoxy groups -OCH3 is 1. The van der Waals surface area contributed by atoms with Gasteiger partial charge in [-0.3, -0.25) is 19.2 Å². The molecule has 1 aliphatic heterocycles. The Labute approximate surface area is 344 Å². The Morgan fingerprint density at radius 3 is 2.19 bits per heavy atom. The highest BCUT2D eigenvalue weighted by Gasteiger charge is 2.31. The number of ketones is 2. The summed E-state index contributed by atoms with van der Waals surface area (Å²) < 4.78 is 21.7. The van der Waals surface area contributed by atoms with Gasteiger partial charge in [0.15, 0.2) is 11.6 Å². The molecule has 1 fully saturated rings. The number of hydrogen-bond acceptors (Lipinski definition) is 10. The Hall–Kier alpha value is -4.62. The molecule has 0 bridgehead atoms. The number of rotatable bonds is 15. The Morgan fingerprint density at radius 2 is 1.55 bits per heavy atom. The molecule has 3 amide bonds. The SMILES string of the molecule is CCCCc1ccc(-c2ccc(C(=O)C[C@@H](CCCCNC(=O)OC(C)(C)C)C(=O)N[C@H]3COCCCCOCC[C@@H](C(=O)OC)NC(=O)[C@H](C)CC3=O)cc2)cc1. The summed E-state index contributed by atoms with van der Waals surface area (Å²) in [4.78, 5) is 79.1. The average Bonchev–Trinajstić information content (AvgIpc) is 3.19. The van der Waals surface area contributed by atoms with E-state index in [1.807, 2.05) is 12.1 Å². The van der Waals surface area contributed by atoms with Gasteiger partial charge in [-0.15, -0.1) is 0 Å². The number of amides is 3. The lowest BCUT2D eigenvalue weighted by Crippen LogP contribution is -2.49. The van der Waals surface area contributed by atoms with Crippen molar-refractivity contribution in [2.24, 2.45) is 11.8 Å². The van der Waals surface area contributed by atoms with E-state index in [-0.39, 0.29) is 38.3 Å². The van der Waals surface area contributed by atoms with Crippen LogP contribution in [0.2, 0.25) is 0 Å². The van der Waals surface area contributed by atoms with E-state index in [9.17, 15) is 28.8 Å². The van der Waals surface area contributed by atoms with E-state index in [0.29, 0.717) is 57.4 Å². The van der Waals surface area contributed by atoms with Crippen LogP contribution in [0.4, 0.5) is 4.79 Å². The van der Waals surface area contributed by atoms with Crippen LogP contribution >= 0.6 is 0 Å². The third-order valence-corrected chi connectivity index (χ3v) is 9.89. The predicted molar refractivity (Wildman–Crippen MR) is 221 cm³/mol. The number of carbonyl (C=O) groups is 6.